The lowest BCUT2D eigenvalue weighted by molar-refractivity contribution is 0.300. The summed E-state index contributed by atoms with van der Waals surface area (Å²) in [7, 11) is 0. The molecule has 0 aliphatic rings. The van der Waals surface area contributed by atoms with Crippen LogP contribution in [0.3, 0.4) is 0 Å². The molecule has 4 heteroatoms. The maximum Gasteiger partial charge on any atom is 0.0598 e. The minimum atomic E-state index is 0.918. The summed E-state index contributed by atoms with van der Waals surface area (Å²) in [6.45, 7) is 16.3. The van der Waals surface area contributed by atoms with Crippen LogP contribution < -0.4 is 10.2 Å². The second kappa shape index (κ2) is 10.6. The van der Waals surface area contributed by atoms with E-state index in [0.717, 1.165) is 39.3 Å². The Morgan fingerprint density at radius 2 is 1.81 bits per heavy atom. The van der Waals surface area contributed by atoms with Gasteiger partial charge in [-0.3, -0.25) is 4.98 Å². The Balaban J connectivity index is 2.62. The van der Waals surface area contributed by atoms with Gasteiger partial charge in [-0.1, -0.05) is 20.8 Å². The van der Waals surface area contributed by atoms with Gasteiger partial charge in [0.15, 0.2) is 0 Å². The first kappa shape index (κ1) is 17.9. The Bertz CT molecular complexity index is 377. The number of hydrogen-bond acceptors (Lipinski definition) is 4. The van der Waals surface area contributed by atoms with Crippen LogP contribution in [-0.2, 0) is 6.54 Å². The van der Waals surface area contributed by atoms with E-state index in [1.54, 1.807) is 0 Å². The molecule has 1 N–H and O–H groups in total. The van der Waals surface area contributed by atoms with Crippen molar-refractivity contribution in [2.45, 2.75) is 40.7 Å². The molecule has 4 nitrogen and oxygen atoms in total. The van der Waals surface area contributed by atoms with Crippen molar-refractivity contribution in [1.29, 1.82) is 0 Å². The molecule has 0 radical (unpaired) electrons. The molecule has 1 aromatic rings. The highest BCUT2D eigenvalue weighted by molar-refractivity contribution is 5.51. The van der Waals surface area contributed by atoms with Crippen LogP contribution >= 0.6 is 0 Å². The fourth-order valence-electron chi connectivity index (χ4n) is 2.58. The molecule has 0 atom stereocenters. The first-order chi connectivity index (χ1) is 10.3. The Hall–Kier alpha value is -1.13. The molecule has 0 amide bonds. The number of nitrogens with zero attached hydrogens (tertiary/aromatic N) is 3. The van der Waals surface area contributed by atoms with Crippen molar-refractivity contribution in [2.75, 3.05) is 44.2 Å². The standard InChI is InChI=1S/C17H32N4/c1-5-18-14-16-10-11-19-15-17(16)21(8-4)13-9-12-20(6-2)7-3/h10-11,15,18H,5-9,12-14H2,1-4H3. The summed E-state index contributed by atoms with van der Waals surface area (Å²) < 4.78 is 0. The minimum Gasteiger partial charge on any atom is -0.370 e. The first-order valence-corrected chi connectivity index (χ1v) is 8.37. The normalized spacial score (nSPS) is 11.1. The SMILES string of the molecule is CCNCc1ccncc1N(CC)CCCN(CC)CC. The van der Waals surface area contributed by atoms with Crippen LogP contribution in [0.4, 0.5) is 5.69 Å². The molecule has 1 heterocycles. The molecule has 0 saturated carbocycles. The molecular formula is C17H32N4. The summed E-state index contributed by atoms with van der Waals surface area (Å²) in [5, 5.41) is 3.41. The highest BCUT2D eigenvalue weighted by Crippen LogP contribution is 2.19. The lowest BCUT2D eigenvalue weighted by atomic mass is 10.2. The molecule has 1 rings (SSSR count). The van der Waals surface area contributed by atoms with Crippen LogP contribution in [0.2, 0.25) is 0 Å². The zero-order chi connectivity index (χ0) is 15.5. The molecular weight excluding hydrogens is 260 g/mol. The molecule has 0 fully saturated rings. The van der Waals surface area contributed by atoms with E-state index in [4.69, 9.17) is 0 Å². The molecule has 21 heavy (non-hydrogen) atoms. The molecule has 0 unspecified atom stereocenters. The predicted octanol–water partition coefficient (Wildman–Crippen LogP) is 2.75. The number of nitrogens with one attached hydrogen (secondary N) is 1. The van der Waals surface area contributed by atoms with Crippen molar-refractivity contribution in [3.8, 4) is 0 Å². The first-order valence-electron chi connectivity index (χ1n) is 8.37. The third-order valence-corrected chi connectivity index (χ3v) is 3.97. The summed E-state index contributed by atoms with van der Waals surface area (Å²) in [6.07, 6.45) is 5.10. The molecule has 0 bridgehead atoms. The highest BCUT2D eigenvalue weighted by Gasteiger charge is 2.10. The number of pyridine rings is 1. The predicted molar refractivity (Wildman–Crippen MR) is 91.9 cm³/mol. The van der Waals surface area contributed by atoms with Crippen LogP contribution in [0.15, 0.2) is 18.5 Å². The van der Waals surface area contributed by atoms with Gasteiger partial charge in [0.2, 0.25) is 0 Å². The van der Waals surface area contributed by atoms with E-state index in [9.17, 15) is 0 Å². The van der Waals surface area contributed by atoms with Crippen LogP contribution in [0, 0.1) is 0 Å². The van der Waals surface area contributed by atoms with Crippen molar-refractivity contribution in [1.82, 2.24) is 15.2 Å². The average Bonchev–Trinajstić information content (AvgIpc) is 2.54. The fraction of sp³-hybridized carbons (Fsp3) is 0.706. The van der Waals surface area contributed by atoms with Gasteiger partial charge >= 0.3 is 0 Å². The lowest BCUT2D eigenvalue weighted by Gasteiger charge is -2.27. The van der Waals surface area contributed by atoms with Crippen molar-refractivity contribution in [2.24, 2.45) is 0 Å². The summed E-state index contributed by atoms with van der Waals surface area (Å²) in [5.41, 5.74) is 2.62. The van der Waals surface area contributed by atoms with E-state index in [0.29, 0.717) is 0 Å². The fourth-order valence-corrected chi connectivity index (χ4v) is 2.58. The van der Waals surface area contributed by atoms with Crippen molar-refractivity contribution in [3.63, 3.8) is 0 Å². The van der Waals surface area contributed by atoms with Crippen molar-refractivity contribution < 1.29 is 0 Å². The topological polar surface area (TPSA) is 31.4 Å². The van der Waals surface area contributed by atoms with E-state index in [-0.39, 0.29) is 0 Å². The van der Waals surface area contributed by atoms with Gasteiger partial charge in [-0.05, 0) is 51.2 Å². The summed E-state index contributed by atoms with van der Waals surface area (Å²) in [5.74, 6) is 0. The third kappa shape index (κ3) is 6.02. The molecule has 0 aromatic carbocycles. The zero-order valence-electron chi connectivity index (χ0n) is 14.2. The number of rotatable bonds is 11. The second-order valence-electron chi connectivity index (χ2n) is 5.24. The number of hydrogen-bond donors (Lipinski definition) is 1. The van der Waals surface area contributed by atoms with Gasteiger partial charge in [-0.2, -0.15) is 0 Å². The number of anilines is 1. The average molecular weight is 292 g/mol. The Labute approximate surface area is 130 Å². The van der Waals surface area contributed by atoms with Gasteiger partial charge in [-0.15, -0.1) is 0 Å². The van der Waals surface area contributed by atoms with Gasteiger partial charge in [0, 0.05) is 25.8 Å². The smallest absolute Gasteiger partial charge is 0.0598 e. The highest BCUT2D eigenvalue weighted by atomic mass is 15.1. The van der Waals surface area contributed by atoms with Crippen molar-refractivity contribution in [3.05, 3.63) is 24.0 Å². The van der Waals surface area contributed by atoms with Crippen LogP contribution in [-0.4, -0.2) is 49.2 Å². The molecule has 120 valence electrons. The second-order valence-corrected chi connectivity index (χ2v) is 5.24. The van der Waals surface area contributed by atoms with Gasteiger partial charge in [0.1, 0.15) is 0 Å². The van der Waals surface area contributed by atoms with E-state index in [2.05, 4.69) is 53.9 Å². The maximum atomic E-state index is 4.32. The Morgan fingerprint density at radius 1 is 1.05 bits per heavy atom. The third-order valence-electron chi connectivity index (χ3n) is 3.97. The van der Waals surface area contributed by atoms with Gasteiger partial charge in [0.05, 0.1) is 11.9 Å². The lowest BCUT2D eigenvalue weighted by Crippen LogP contribution is -2.31. The molecule has 0 aliphatic carbocycles. The summed E-state index contributed by atoms with van der Waals surface area (Å²) >= 11 is 0. The Morgan fingerprint density at radius 3 is 2.43 bits per heavy atom. The zero-order valence-corrected chi connectivity index (χ0v) is 14.2. The van der Waals surface area contributed by atoms with Gasteiger partial charge in [-0.25, -0.2) is 0 Å². The summed E-state index contributed by atoms with van der Waals surface area (Å²) in [4.78, 5) is 9.25. The van der Waals surface area contributed by atoms with Crippen LogP contribution in [0.5, 0.6) is 0 Å². The van der Waals surface area contributed by atoms with E-state index >= 15 is 0 Å². The molecule has 0 aliphatic heterocycles. The molecule has 0 spiro atoms. The van der Waals surface area contributed by atoms with Gasteiger partial charge < -0.3 is 15.1 Å². The summed E-state index contributed by atoms with van der Waals surface area (Å²) in [6, 6.07) is 2.13. The van der Waals surface area contributed by atoms with Gasteiger partial charge in [0.25, 0.3) is 0 Å². The van der Waals surface area contributed by atoms with Crippen LogP contribution in [0.1, 0.15) is 39.7 Å². The number of aromatic nitrogens is 1. The quantitative estimate of drug-likeness (QED) is 0.679. The Kier molecular flexibility index (Phi) is 9.02. The largest absolute Gasteiger partial charge is 0.370 e. The van der Waals surface area contributed by atoms with E-state index in [1.165, 1.54) is 24.2 Å². The van der Waals surface area contributed by atoms with Crippen LogP contribution in [0.25, 0.3) is 0 Å². The minimum absolute atomic E-state index is 0.918. The van der Waals surface area contributed by atoms with Crippen molar-refractivity contribution >= 4 is 5.69 Å². The molecule has 1 aromatic heterocycles. The van der Waals surface area contributed by atoms with E-state index < -0.39 is 0 Å². The maximum absolute atomic E-state index is 4.32. The van der Waals surface area contributed by atoms with E-state index in [1.807, 2.05) is 12.4 Å². The molecule has 0 saturated heterocycles. The monoisotopic (exact) mass is 292 g/mol.